The van der Waals surface area contributed by atoms with E-state index in [1.165, 1.54) is 0 Å². The third kappa shape index (κ3) is 6.20. The molecule has 0 radical (unpaired) electrons. The topological polar surface area (TPSA) is 43.4 Å². The Kier molecular flexibility index (Phi) is 5.77. The lowest BCUT2D eigenvalue weighted by Gasteiger charge is -2.00. The van der Waals surface area contributed by atoms with E-state index in [-0.39, 0.29) is 12.4 Å². The zero-order valence-electron chi connectivity index (χ0n) is 7.25. The molecule has 0 aliphatic heterocycles. The Morgan fingerprint density at radius 3 is 2.58 bits per heavy atom. The maximum atomic E-state index is 10.9. The Bertz CT molecular complexity index is 236. The van der Waals surface area contributed by atoms with Crippen LogP contribution >= 0.6 is 0 Å². The molecule has 12 heavy (non-hydrogen) atoms. The van der Waals surface area contributed by atoms with Crippen LogP contribution in [-0.2, 0) is 14.3 Å². The van der Waals surface area contributed by atoms with Gasteiger partial charge < -0.3 is 0 Å². The van der Waals surface area contributed by atoms with Crippen LogP contribution in [0.2, 0.25) is 0 Å². The van der Waals surface area contributed by atoms with Crippen LogP contribution < -0.4 is 0 Å². The van der Waals surface area contributed by atoms with Gasteiger partial charge in [0.15, 0.2) is 0 Å². The van der Waals surface area contributed by atoms with E-state index in [1.807, 2.05) is 6.92 Å². The van der Waals surface area contributed by atoms with Gasteiger partial charge in [-0.25, -0.2) is 0 Å². The van der Waals surface area contributed by atoms with Gasteiger partial charge in [0.05, 0.1) is 5.75 Å². The summed E-state index contributed by atoms with van der Waals surface area (Å²) < 4.78 is 26.4. The molecule has 0 aromatic heterocycles. The summed E-state index contributed by atoms with van der Waals surface area (Å²) in [5.74, 6) is 2.18. The van der Waals surface area contributed by atoms with Gasteiger partial charge in [-0.1, -0.05) is 25.7 Å². The minimum Gasteiger partial charge on any atom is -0.257 e. The highest BCUT2D eigenvalue weighted by Gasteiger charge is 2.08. The van der Waals surface area contributed by atoms with Crippen molar-refractivity contribution in [2.45, 2.75) is 26.2 Å². The molecule has 0 aromatic rings. The number of unbranched alkanes of at least 4 members (excludes halogenated alkanes) is 2. The molecule has 70 valence electrons. The summed E-state index contributed by atoms with van der Waals surface area (Å²) in [5, 5.41) is 0. The quantitative estimate of drug-likeness (QED) is 0.358. The lowest BCUT2D eigenvalue weighted by Crippen LogP contribution is -2.10. The van der Waals surface area contributed by atoms with Crippen molar-refractivity contribution < 1.29 is 12.6 Å². The third-order valence-electron chi connectivity index (χ3n) is 1.32. The number of terminal acetylenes is 1. The van der Waals surface area contributed by atoms with E-state index in [9.17, 15) is 8.42 Å². The van der Waals surface area contributed by atoms with Gasteiger partial charge in [0, 0.05) is 0 Å². The Morgan fingerprint density at radius 1 is 1.42 bits per heavy atom. The van der Waals surface area contributed by atoms with Gasteiger partial charge in [0.25, 0.3) is 10.1 Å². The zero-order chi connectivity index (χ0) is 9.45. The van der Waals surface area contributed by atoms with Gasteiger partial charge in [-0.05, 0) is 6.42 Å². The van der Waals surface area contributed by atoms with Crippen molar-refractivity contribution in [3.05, 3.63) is 0 Å². The molecular weight excluding hydrogens is 176 g/mol. The predicted molar refractivity (Wildman–Crippen MR) is 48.1 cm³/mol. The van der Waals surface area contributed by atoms with Crippen LogP contribution in [0.4, 0.5) is 0 Å². The average Bonchev–Trinajstić information content (AvgIpc) is 2.01. The highest BCUT2D eigenvalue weighted by molar-refractivity contribution is 7.86. The fourth-order valence-electron chi connectivity index (χ4n) is 0.712. The monoisotopic (exact) mass is 190 g/mol. The van der Waals surface area contributed by atoms with Gasteiger partial charge in [-0.2, -0.15) is 8.42 Å². The lowest BCUT2D eigenvalue weighted by molar-refractivity contribution is 0.362. The molecule has 0 heterocycles. The Hall–Kier alpha value is -0.530. The van der Waals surface area contributed by atoms with Crippen molar-refractivity contribution in [1.29, 1.82) is 0 Å². The number of hydrogen-bond donors (Lipinski definition) is 0. The molecule has 0 amide bonds. The largest absolute Gasteiger partial charge is 0.268 e. The van der Waals surface area contributed by atoms with E-state index >= 15 is 0 Å². The fraction of sp³-hybridized carbons (Fsp3) is 0.750. The first kappa shape index (κ1) is 11.5. The van der Waals surface area contributed by atoms with Crippen LogP contribution in [0.5, 0.6) is 0 Å². The Balaban J connectivity index is 3.67. The van der Waals surface area contributed by atoms with E-state index in [0.717, 1.165) is 12.8 Å². The Morgan fingerprint density at radius 2 is 2.08 bits per heavy atom. The molecule has 0 atom stereocenters. The molecule has 0 aliphatic rings. The molecular formula is C8H14O3S. The van der Waals surface area contributed by atoms with Crippen LogP contribution in [0.25, 0.3) is 0 Å². The summed E-state index contributed by atoms with van der Waals surface area (Å²) in [6, 6.07) is 0. The van der Waals surface area contributed by atoms with Crippen molar-refractivity contribution >= 4 is 10.1 Å². The Labute approximate surface area is 74.2 Å². The van der Waals surface area contributed by atoms with Crippen LogP contribution in [0.3, 0.4) is 0 Å². The molecule has 0 N–H and O–H groups in total. The molecule has 0 saturated carbocycles. The second-order valence-corrected chi connectivity index (χ2v) is 4.19. The standard InChI is InChI=1S/C8H14O3S/c1-3-5-6-8-12(9,10)11-7-4-2/h2H,3,5-8H2,1H3. The summed E-state index contributed by atoms with van der Waals surface area (Å²) in [5.41, 5.74) is 0. The molecule has 0 aromatic carbocycles. The van der Waals surface area contributed by atoms with Crippen molar-refractivity contribution in [3.8, 4) is 12.3 Å². The first-order valence-corrected chi connectivity index (χ1v) is 5.50. The molecule has 4 heteroatoms. The summed E-state index contributed by atoms with van der Waals surface area (Å²) in [7, 11) is -3.36. The molecule has 0 rings (SSSR count). The lowest BCUT2D eigenvalue weighted by atomic mass is 10.3. The van der Waals surface area contributed by atoms with Crippen LogP contribution in [0, 0.1) is 12.3 Å². The average molecular weight is 190 g/mol. The SMILES string of the molecule is C#CCOS(=O)(=O)CCCCC. The molecule has 0 bridgehead atoms. The smallest absolute Gasteiger partial charge is 0.257 e. The van der Waals surface area contributed by atoms with Crippen molar-refractivity contribution in [2.75, 3.05) is 12.4 Å². The van der Waals surface area contributed by atoms with Gasteiger partial charge in [0.2, 0.25) is 0 Å². The van der Waals surface area contributed by atoms with Gasteiger partial charge in [0.1, 0.15) is 6.61 Å². The number of hydrogen-bond acceptors (Lipinski definition) is 3. The summed E-state index contributed by atoms with van der Waals surface area (Å²) in [4.78, 5) is 0. The molecule has 0 spiro atoms. The van der Waals surface area contributed by atoms with Gasteiger partial charge in [-0.15, -0.1) is 6.42 Å². The van der Waals surface area contributed by atoms with Crippen molar-refractivity contribution in [3.63, 3.8) is 0 Å². The van der Waals surface area contributed by atoms with Crippen LogP contribution in [0.1, 0.15) is 26.2 Å². The van der Waals surface area contributed by atoms with Crippen molar-refractivity contribution in [1.82, 2.24) is 0 Å². The zero-order valence-corrected chi connectivity index (χ0v) is 8.06. The first-order chi connectivity index (χ1) is 5.62. The van der Waals surface area contributed by atoms with E-state index in [1.54, 1.807) is 0 Å². The highest BCUT2D eigenvalue weighted by atomic mass is 32.2. The van der Waals surface area contributed by atoms with Crippen LogP contribution in [0.15, 0.2) is 0 Å². The highest BCUT2D eigenvalue weighted by Crippen LogP contribution is 2.00. The van der Waals surface area contributed by atoms with E-state index in [2.05, 4.69) is 10.1 Å². The maximum absolute atomic E-state index is 10.9. The summed E-state index contributed by atoms with van der Waals surface area (Å²) in [6.45, 7) is 1.85. The van der Waals surface area contributed by atoms with Gasteiger partial charge >= 0.3 is 0 Å². The van der Waals surface area contributed by atoms with Crippen molar-refractivity contribution in [2.24, 2.45) is 0 Å². The first-order valence-electron chi connectivity index (χ1n) is 3.93. The molecule has 3 nitrogen and oxygen atoms in total. The maximum Gasteiger partial charge on any atom is 0.268 e. The summed E-state index contributed by atoms with van der Waals surface area (Å²) >= 11 is 0. The minimum atomic E-state index is -3.36. The summed E-state index contributed by atoms with van der Waals surface area (Å²) in [6.07, 6.45) is 7.39. The van der Waals surface area contributed by atoms with Crippen LogP contribution in [-0.4, -0.2) is 20.8 Å². The van der Waals surface area contributed by atoms with E-state index < -0.39 is 10.1 Å². The molecule has 0 saturated heterocycles. The second kappa shape index (κ2) is 6.04. The minimum absolute atomic E-state index is 0.0719. The fourth-order valence-corrected chi connectivity index (χ4v) is 1.63. The molecule has 0 unspecified atom stereocenters. The second-order valence-electron chi connectivity index (χ2n) is 2.44. The normalized spacial score (nSPS) is 11.0. The van der Waals surface area contributed by atoms with Gasteiger partial charge in [-0.3, -0.25) is 4.18 Å². The predicted octanol–water partition coefficient (Wildman–Crippen LogP) is 1.16. The van der Waals surface area contributed by atoms with E-state index in [0.29, 0.717) is 6.42 Å². The molecule has 0 aliphatic carbocycles. The number of rotatable bonds is 6. The molecule has 0 fully saturated rings. The third-order valence-corrected chi connectivity index (χ3v) is 2.59. The van der Waals surface area contributed by atoms with E-state index in [4.69, 9.17) is 6.42 Å².